The van der Waals surface area contributed by atoms with E-state index in [4.69, 9.17) is 4.42 Å². The highest BCUT2D eigenvalue weighted by atomic mass is 32.2. The molecular weight excluding hydrogens is 358 g/mol. The summed E-state index contributed by atoms with van der Waals surface area (Å²) in [5.74, 6) is 1.42. The van der Waals surface area contributed by atoms with E-state index in [2.05, 4.69) is 9.71 Å². The van der Waals surface area contributed by atoms with Crippen molar-refractivity contribution in [3.8, 4) is 0 Å². The SMILES string of the molecule is Cc1nc(C(C)(C)C)oc1CCCNS(=O)(=O)c1ccc([N+](=O)[O-])cc1. The number of aromatic nitrogens is 1. The maximum atomic E-state index is 12.2. The first kappa shape index (κ1) is 20.1. The van der Waals surface area contributed by atoms with Gasteiger partial charge in [-0.15, -0.1) is 0 Å². The van der Waals surface area contributed by atoms with Crippen LogP contribution >= 0.6 is 0 Å². The predicted octanol–water partition coefficient (Wildman–Crippen LogP) is 3.10. The first-order valence-electron chi connectivity index (χ1n) is 8.21. The number of nitro benzene ring substituents is 1. The van der Waals surface area contributed by atoms with Crippen LogP contribution in [0.4, 0.5) is 5.69 Å². The number of rotatable bonds is 7. The summed E-state index contributed by atoms with van der Waals surface area (Å²) in [7, 11) is -3.70. The van der Waals surface area contributed by atoms with Gasteiger partial charge in [0.2, 0.25) is 10.0 Å². The Balaban J connectivity index is 1.93. The molecule has 2 rings (SSSR count). The molecule has 2 aromatic rings. The lowest BCUT2D eigenvalue weighted by atomic mass is 9.97. The fraction of sp³-hybridized carbons (Fsp3) is 0.471. The van der Waals surface area contributed by atoms with Gasteiger partial charge in [0, 0.05) is 30.5 Å². The van der Waals surface area contributed by atoms with E-state index < -0.39 is 14.9 Å². The Morgan fingerprint density at radius 2 is 1.85 bits per heavy atom. The van der Waals surface area contributed by atoms with Gasteiger partial charge in [-0.25, -0.2) is 18.1 Å². The topological polar surface area (TPSA) is 115 Å². The highest BCUT2D eigenvalue weighted by molar-refractivity contribution is 7.89. The first-order chi connectivity index (χ1) is 12.0. The molecule has 0 saturated heterocycles. The van der Waals surface area contributed by atoms with E-state index in [-0.39, 0.29) is 22.5 Å². The molecule has 0 aliphatic rings. The normalized spacial score (nSPS) is 12.3. The maximum absolute atomic E-state index is 12.2. The Kier molecular flexibility index (Phi) is 5.82. The molecule has 0 spiro atoms. The second-order valence-corrected chi connectivity index (χ2v) is 8.80. The van der Waals surface area contributed by atoms with E-state index in [1.807, 2.05) is 27.7 Å². The first-order valence-corrected chi connectivity index (χ1v) is 9.70. The zero-order valence-corrected chi connectivity index (χ0v) is 16.1. The molecule has 8 nitrogen and oxygen atoms in total. The number of benzene rings is 1. The minimum atomic E-state index is -3.70. The van der Waals surface area contributed by atoms with Gasteiger partial charge in [-0.2, -0.15) is 0 Å². The Morgan fingerprint density at radius 1 is 1.23 bits per heavy atom. The summed E-state index contributed by atoms with van der Waals surface area (Å²) in [6.45, 7) is 8.14. The predicted molar refractivity (Wildman–Crippen MR) is 96.5 cm³/mol. The lowest BCUT2D eigenvalue weighted by molar-refractivity contribution is -0.384. The van der Waals surface area contributed by atoms with Gasteiger partial charge in [0.05, 0.1) is 15.5 Å². The van der Waals surface area contributed by atoms with Crippen LogP contribution in [0.2, 0.25) is 0 Å². The van der Waals surface area contributed by atoms with Gasteiger partial charge in [-0.05, 0) is 25.5 Å². The van der Waals surface area contributed by atoms with Gasteiger partial charge in [-0.1, -0.05) is 20.8 Å². The second kappa shape index (κ2) is 7.55. The minimum absolute atomic E-state index is 0.00559. The second-order valence-electron chi connectivity index (χ2n) is 7.03. The average Bonchev–Trinajstić information content (AvgIpc) is 2.93. The molecule has 1 heterocycles. The van der Waals surface area contributed by atoms with E-state index in [1.54, 1.807) is 0 Å². The third kappa shape index (κ3) is 4.89. The molecule has 0 fully saturated rings. The molecule has 1 aromatic heterocycles. The highest BCUT2D eigenvalue weighted by Crippen LogP contribution is 2.24. The van der Waals surface area contributed by atoms with Crippen LogP contribution in [0.3, 0.4) is 0 Å². The Morgan fingerprint density at radius 3 is 2.35 bits per heavy atom. The summed E-state index contributed by atoms with van der Waals surface area (Å²) in [5, 5.41) is 10.6. The van der Waals surface area contributed by atoms with Gasteiger partial charge >= 0.3 is 0 Å². The van der Waals surface area contributed by atoms with Crippen molar-refractivity contribution in [2.75, 3.05) is 6.54 Å². The van der Waals surface area contributed by atoms with Crippen LogP contribution in [0.15, 0.2) is 33.6 Å². The summed E-state index contributed by atoms with van der Waals surface area (Å²) >= 11 is 0. The third-order valence-electron chi connectivity index (χ3n) is 3.76. The van der Waals surface area contributed by atoms with Crippen LogP contribution in [0.1, 0.15) is 44.5 Å². The van der Waals surface area contributed by atoms with Crippen molar-refractivity contribution >= 4 is 15.7 Å². The summed E-state index contributed by atoms with van der Waals surface area (Å²) in [6, 6.07) is 4.77. The molecule has 1 N–H and O–H groups in total. The summed E-state index contributed by atoms with van der Waals surface area (Å²) < 4.78 is 32.7. The van der Waals surface area contributed by atoms with Crippen LogP contribution in [-0.2, 0) is 21.9 Å². The quantitative estimate of drug-likeness (QED) is 0.448. The lowest BCUT2D eigenvalue weighted by Gasteiger charge is -2.12. The fourth-order valence-corrected chi connectivity index (χ4v) is 3.34. The van der Waals surface area contributed by atoms with Gasteiger partial charge < -0.3 is 4.42 Å². The Hall–Kier alpha value is -2.26. The van der Waals surface area contributed by atoms with Crippen molar-refractivity contribution in [2.24, 2.45) is 0 Å². The number of hydrogen-bond acceptors (Lipinski definition) is 6. The van der Waals surface area contributed by atoms with Crippen molar-refractivity contribution in [3.63, 3.8) is 0 Å². The van der Waals surface area contributed by atoms with Gasteiger partial charge in [0.25, 0.3) is 5.69 Å². The number of aryl methyl sites for hydroxylation is 2. The number of nitrogens with one attached hydrogen (secondary N) is 1. The summed E-state index contributed by atoms with van der Waals surface area (Å²) in [4.78, 5) is 14.5. The molecule has 142 valence electrons. The molecule has 0 atom stereocenters. The molecule has 1 aromatic carbocycles. The number of nitro groups is 1. The fourth-order valence-electron chi connectivity index (χ4n) is 2.27. The molecule has 0 radical (unpaired) electrons. The Bertz CT molecular complexity index is 880. The molecule has 0 aliphatic carbocycles. The van der Waals surface area contributed by atoms with Crippen molar-refractivity contribution < 1.29 is 17.8 Å². The van der Waals surface area contributed by atoms with E-state index in [0.29, 0.717) is 18.7 Å². The largest absolute Gasteiger partial charge is 0.445 e. The molecule has 0 saturated carbocycles. The van der Waals surface area contributed by atoms with Gasteiger partial charge in [-0.3, -0.25) is 10.1 Å². The number of nitrogens with zero attached hydrogens (tertiary/aromatic N) is 2. The lowest BCUT2D eigenvalue weighted by Crippen LogP contribution is -2.25. The van der Waals surface area contributed by atoms with Gasteiger partial charge in [0.1, 0.15) is 5.76 Å². The molecule has 0 bridgehead atoms. The maximum Gasteiger partial charge on any atom is 0.269 e. The van der Waals surface area contributed by atoms with E-state index in [0.717, 1.165) is 11.5 Å². The van der Waals surface area contributed by atoms with Crippen LogP contribution in [-0.4, -0.2) is 24.9 Å². The van der Waals surface area contributed by atoms with Crippen molar-refractivity contribution in [2.45, 2.75) is 50.8 Å². The summed E-state index contributed by atoms with van der Waals surface area (Å²) in [5.41, 5.74) is 0.480. The zero-order valence-electron chi connectivity index (χ0n) is 15.3. The van der Waals surface area contributed by atoms with E-state index >= 15 is 0 Å². The summed E-state index contributed by atoms with van der Waals surface area (Å²) in [6.07, 6.45) is 1.11. The molecule has 0 unspecified atom stereocenters. The smallest absolute Gasteiger partial charge is 0.269 e. The number of non-ortho nitro benzene ring substituents is 1. The van der Waals surface area contributed by atoms with Gasteiger partial charge in [0.15, 0.2) is 5.89 Å². The number of sulfonamides is 1. The van der Waals surface area contributed by atoms with Crippen LogP contribution in [0, 0.1) is 17.0 Å². The van der Waals surface area contributed by atoms with Crippen molar-refractivity contribution in [3.05, 3.63) is 51.7 Å². The van der Waals surface area contributed by atoms with Crippen LogP contribution in [0.25, 0.3) is 0 Å². The highest BCUT2D eigenvalue weighted by Gasteiger charge is 2.22. The van der Waals surface area contributed by atoms with Crippen LogP contribution in [0.5, 0.6) is 0 Å². The minimum Gasteiger partial charge on any atom is -0.445 e. The number of oxazole rings is 1. The number of hydrogen-bond donors (Lipinski definition) is 1. The molecule has 0 amide bonds. The Labute approximate surface area is 152 Å². The average molecular weight is 381 g/mol. The molecular formula is C17H23N3O5S. The third-order valence-corrected chi connectivity index (χ3v) is 5.24. The van der Waals surface area contributed by atoms with E-state index in [9.17, 15) is 18.5 Å². The zero-order chi connectivity index (χ0) is 19.5. The van der Waals surface area contributed by atoms with Crippen molar-refractivity contribution in [1.29, 1.82) is 0 Å². The standard InChI is InChI=1S/C17H23N3O5S/c1-12-15(25-16(19-12)17(2,3)4)6-5-11-18-26(23,24)14-9-7-13(8-10-14)20(21)22/h7-10,18H,5-6,11H2,1-4H3. The van der Waals surface area contributed by atoms with Crippen molar-refractivity contribution in [1.82, 2.24) is 9.71 Å². The molecule has 26 heavy (non-hydrogen) atoms. The molecule has 9 heteroatoms. The van der Waals surface area contributed by atoms with Crippen LogP contribution < -0.4 is 4.72 Å². The monoisotopic (exact) mass is 381 g/mol. The van der Waals surface area contributed by atoms with E-state index in [1.165, 1.54) is 24.3 Å². The molecule has 0 aliphatic heterocycles.